The first-order chi connectivity index (χ1) is 10.3. The van der Waals surface area contributed by atoms with Crippen molar-refractivity contribution in [3.63, 3.8) is 0 Å². The normalized spacial score (nSPS) is 57.6. The van der Waals surface area contributed by atoms with Crippen LogP contribution in [0.4, 0.5) is 0 Å². The van der Waals surface area contributed by atoms with E-state index in [4.69, 9.17) is 5.73 Å². The molecule has 0 heterocycles. The van der Waals surface area contributed by atoms with E-state index in [-0.39, 0.29) is 5.54 Å². The highest BCUT2D eigenvalue weighted by molar-refractivity contribution is 5.25. The molecule has 7 atom stereocenters. The van der Waals surface area contributed by atoms with E-state index >= 15 is 0 Å². The first-order valence-electron chi connectivity index (χ1n) is 9.76. The molecule has 124 valence electrons. The van der Waals surface area contributed by atoms with Crippen LogP contribution in [0, 0.1) is 34.5 Å². The highest BCUT2D eigenvalue weighted by Crippen LogP contribution is 2.67. The first-order valence-corrected chi connectivity index (χ1v) is 9.76. The third-order valence-corrected chi connectivity index (χ3v) is 9.15. The molecule has 0 saturated heterocycles. The molecule has 1 nitrogen and oxygen atoms in total. The van der Waals surface area contributed by atoms with E-state index in [1.54, 1.807) is 5.57 Å². The Morgan fingerprint density at radius 2 is 1.82 bits per heavy atom. The zero-order valence-corrected chi connectivity index (χ0v) is 15.1. The highest BCUT2D eigenvalue weighted by Gasteiger charge is 2.61. The van der Waals surface area contributed by atoms with Crippen molar-refractivity contribution in [2.24, 2.45) is 40.2 Å². The van der Waals surface area contributed by atoms with Gasteiger partial charge in [0.2, 0.25) is 0 Å². The van der Waals surface area contributed by atoms with Crippen LogP contribution in [0.15, 0.2) is 11.6 Å². The molecule has 3 saturated carbocycles. The number of nitrogens with two attached hydrogens (primary N) is 1. The largest absolute Gasteiger partial charge is 0.325 e. The van der Waals surface area contributed by atoms with Crippen molar-refractivity contribution in [3.8, 4) is 0 Å². The second-order valence-electron chi connectivity index (χ2n) is 9.92. The zero-order chi connectivity index (χ0) is 15.8. The molecule has 4 aliphatic rings. The third-order valence-electron chi connectivity index (χ3n) is 9.15. The standard InChI is InChI=1S/C21H35N/c1-14-7-11-20(4)18-9-10-19(3)15(2)5-6-17(19)16(18)8-12-21(20,22)13-14/h5,14,16-18H,6-13,22H2,1-4H3. The Kier molecular flexibility index (Phi) is 3.20. The Hall–Kier alpha value is -0.300. The molecule has 0 radical (unpaired) electrons. The molecule has 3 fully saturated rings. The van der Waals surface area contributed by atoms with Gasteiger partial charge in [-0.1, -0.05) is 38.8 Å². The fraction of sp³-hybridized carbons (Fsp3) is 0.905. The van der Waals surface area contributed by atoms with Gasteiger partial charge >= 0.3 is 0 Å². The summed E-state index contributed by atoms with van der Waals surface area (Å²) in [5.74, 6) is 3.56. The van der Waals surface area contributed by atoms with E-state index < -0.39 is 0 Å². The summed E-state index contributed by atoms with van der Waals surface area (Å²) < 4.78 is 0. The summed E-state index contributed by atoms with van der Waals surface area (Å²) in [5.41, 5.74) is 9.80. The number of hydrogen-bond acceptors (Lipinski definition) is 1. The van der Waals surface area contributed by atoms with Crippen molar-refractivity contribution in [1.82, 2.24) is 0 Å². The Labute approximate surface area is 137 Å². The molecule has 1 heteroatoms. The van der Waals surface area contributed by atoms with Gasteiger partial charge in [-0.2, -0.15) is 0 Å². The fourth-order valence-electron chi connectivity index (χ4n) is 7.38. The molecule has 4 rings (SSSR count). The number of hydrogen-bond donors (Lipinski definition) is 1. The van der Waals surface area contributed by atoms with Gasteiger partial charge in [-0.05, 0) is 86.4 Å². The predicted molar refractivity (Wildman–Crippen MR) is 93.5 cm³/mol. The molecule has 22 heavy (non-hydrogen) atoms. The minimum Gasteiger partial charge on any atom is -0.325 e. The summed E-state index contributed by atoms with van der Waals surface area (Å²) in [6, 6.07) is 0. The molecule has 0 spiro atoms. The lowest BCUT2D eigenvalue weighted by atomic mass is 9.42. The van der Waals surface area contributed by atoms with Gasteiger partial charge in [0.1, 0.15) is 0 Å². The molecule has 0 amide bonds. The SMILES string of the molecule is CC1=CCC2C3CCC4(N)CC(C)CCC4(C)C3CCC12C. The maximum Gasteiger partial charge on any atom is 0.0214 e. The average Bonchev–Trinajstić information content (AvgIpc) is 2.76. The third kappa shape index (κ3) is 1.75. The maximum absolute atomic E-state index is 7.08. The fourth-order valence-corrected chi connectivity index (χ4v) is 7.38. The summed E-state index contributed by atoms with van der Waals surface area (Å²) in [4.78, 5) is 0. The lowest BCUT2D eigenvalue weighted by molar-refractivity contribution is -0.119. The Balaban J connectivity index is 1.67. The molecule has 2 N–H and O–H groups in total. The summed E-state index contributed by atoms with van der Waals surface area (Å²) in [6.45, 7) is 9.94. The van der Waals surface area contributed by atoms with Crippen molar-refractivity contribution >= 4 is 0 Å². The lowest BCUT2D eigenvalue weighted by Gasteiger charge is -2.64. The summed E-state index contributed by atoms with van der Waals surface area (Å²) in [6.07, 6.45) is 13.4. The van der Waals surface area contributed by atoms with Crippen LogP contribution >= 0.6 is 0 Å². The van der Waals surface area contributed by atoms with Crippen molar-refractivity contribution in [1.29, 1.82) is 0 Å². The summed E-state index contributed by atoms with van der Waals surface area (Å²) in [7, 11) is 0. The van der Waals surface area contributed by atoms with E-state index in [0.29, 0.717) is 10.8 Å². The average molecular weight is 302 g/mol. The van der Waals surface area contributed by atoms with Crippen LogP contribution in [0.1, 0.15) is 79.1 Å². The van der Waals surface area contributed by atoms with E-state index in [1.165, 1.54) is 51.4 Å². The van der Waals surface area contributed by atoms with Crippen molar-refractivity contribution in [2.45, 2.75) is 84.6 Å². The van der Waals surface area contributed by atoms with E-state index in [1.807, 2.05) is 0 Å². The summed E-state index contributed by atoms with van der Waals surface area (Å²) in [5, 5.41) is 0. The van der Waals surface area contributed by atoms with E-state index in [9.17, 15) is 0 Å². The molecule has 0 aromatic rings. The van der Waals surface area contributed by atoms with Gasteiger partial charge < -0.3 is 5.73 Å². The zero-order valence-electron chi connectivity index (χ0n) is 15.1. The van der Waals surface area contributed by atoms with Crippen molar-refractivity contribution < 1.29 is 0 Å². The molecule has 0 aromatic heterocycles. The van der Waals surface area contributed by atoms with Crippen LogP contribution in [-0.2, 0) is 0 Å². The van der Waals surface area contributed by atoms with Crippen LogP contribution in [0.3, 0.4) is 0 Å². The van der Waals surface area contributed by atoms with Crippen LogP contribution in [0.2, 0.25) is 0 Å². The van der Waals surface area contributed by atoms with Crippen LogP contribution in [-0.4, -0.2) is 5.54 Å². The van der Waals surface area contributed by atoms with Crippen molar-refractivity contribution in [3.05, 3.63) is 11.6 Å². The van der Waals surface area contributed by atoms with Gasteiger partial charge in [-0.25, -0.2) is 0 Å². The highest BCUT2D eigenvalue weighted by atomic mass is 14.8. The molecular formula is C21H35N. The minimum absolute atomic E-state index is 0.126. The van der Waals surface area contributed by atoms with Crippen LogP contribution < -0.4 is 5.73 Å². The smallest absolute Gasteiger partial charge is 0.0214 e. The van der Waals surface area contributed by atoms with Crippen LogP contribution in [0.25, 0.3) is 0 Å². The van der Waals surface area contributed by atoms with Gasteiger partial charge in [0.05, 0.1) is 0 Å². The molecule has 0 aromatic carbocycles. The number of rotatable bonds is 0. The quantitative estimate of drug-likeness (QED) is 0.603. The number of allylic oxidation sites excluding steroid dienone is 2. The Morgan fingerprint density at radius 1 is 1.05 bits per heavy atom. The number of fused-ring (bicyclic) bond motifs is 5. The van der Waals surface area contributed by atoms with Crippen LogP contribution in [0.5, 0.6) is 0 Å². The minimum atomic E-state index is 0.126. The molecule has 0 bridgehead atoms. The van der Waals surface area contributed by atoms with Crippen molar-refractivity contribution in [2.75, 3.05) is 0 Å². The predicted octanol–water partition coefficient (Wildman–Crippen LogP) is 5.30. The van der Waals surface area contributed by atoms with Gasteiger partial charge in [0, 0.05) is 5.54 Å². The Morgan fingerprint density at radius 3 is 2.59 bits per heavy atom. The maximum atomic E-state index is 7.08. The monoisotopic (exact) mass is 301 g/mol. The molecular weight excluding hydrogens is 266 g/mol. The lowest BCUT2D eigenvalue weighted by Crippen LogP contribution is -2.66. The first kappa shape index (κ1) is 15.2. The second-order valence-corrected chi connectivity index (χ2v) is 9.92. The summed E-state index contributed by atoms with van der Waals surface area (Å²) >= 11 is 0. The van der Waals surface area contributed by atoms with E-state index in [2.05, 4.69) is 33.8 Å². The van der Waals surface area contributed by atoms with Gasteiger partial charge in [0.25, 0.3) is 0 Å². The Bertz CT molecular complexity index is 508. The van der Waals surface area contributed by atoms with Gasteiger partial charge in [-0.3, -0.25) is 0 Å². The van der Waals surface area contributed by atoms with E-state index in [0.717, 1.165) is 23.7 Å². The van der Waals surface area contributed by atoms with Gasteiger partial charge in [0.15, 0.2) is 0 Å². The van der Waals surface area contributed by atoms with Gasteiger partial charge in [-0.15, -0.1) is 0 Å². The topological polar surface area (TPSA) is 26.0 Å². The second kappa shape index (κ2) is 4.62. The molecule has 7 unspecified atom stereocenters. The molecule has 0 aliphatic heterocycles. The molecule has 4 aliphatic carbocycles.